The predicted molar refractivity (Wildman–Crippen MR) is 79.0 cm³/mol. The number of carboxylic acids is 1. The first-order valence-electron chi connectivity index (χ1n) is 7.40. The molecule has 1 aromatic heterocycles. The van der Waals surface area contributed by atoms with Crippen LogP contribution in [-0.2, 0) is 11.2 Å². The van der Waals surface area contributed by atoms with Gasteiger partial charge in [-0.15, -0.1) is 10.2 Å². The number of carboxylic acid groups (broad SMARTS) is 1. The third-order valence-corrected chi connectivity index (χ3v) is 4.81. The molecule has 20 heavy (non-hydrogen) atoms. The van der Waals surface area contributed by atoms with Crippen molar-refractivity contribution in [3.05, 3.63) is 5.82 Å². The Morgan fingerprint density at radius 1 is 1.35 bits per heavy atom. The van der Waals surface area contributed by atoms with E-state index >= 15 is 0 Å². The summed E-state index contributed by atoms with van der Waals surface area (Å²) in [5, 5.41) is 18.1. The quantitative estimate of drug-likeness (QED) is 0.817. The first-order valence-corrected chi connectivity index (χ1v) is 8.38. The van der Waals surface area contributed by atoms with Crippen molar-refractivity contribution in [2.24, 2.45) is 5.92 Å². The van der Waals surface area contributed by atoms with Crippen LogP contribution >= 0.6 is 11.8 Å². The van der Waals surface area contributed by atoms with Crippen molar-refractivity contribution < 1.29 is 9.90 Å². The topological polar surface area (TPSA) is 68.0 Å². The van der Waals surface area contributed by atoms with E-state index in [1.807, 2.05) is 0 Å². The van der Waals surface area contributed by atoms with Crippen LogP contribution in [0.3, 0.4) is 0 Å². The average molecular weight is 297 g/mol. The van der Waals surface area contributed by atoms with Crippen LogP contribution in [0.5, 0.6) is 0 Å². The van der Waals surface area contributed by atoms with E-state index in [1.54, 1.807) is 0 Å². The second kappa shape index (κ2) is 7.11. The fourth-order valence-corrected chi connectivity index (χ4v) is 3.54. The second-order valence-corrected chi connectivity index (χ2v) is 6.56. The summed E-state index contributed by atoms with van der Waals surface area (Å²) in [6.45, 7) is 4.43. The van der Waals surface area contributed by atoms with Gasteiger partial charge in [-0.25, -0.2) is 0 Å². The molecular weight excluding hydrogens is 274 g/mol. The van der Waals surface area contributed by atoms with Gasteiger partial charge in [0.15, 0.2) is 5.16 Å². The van der Waals surface area contributed by atoms with Gasteiger partial charge in [0.2, 0.25) is 0 Å². The number of carbonyl (C=O) groups is 1. The fourth-order valence-electron chi connectivity index (χ4n) is 2.79. The molecule has 0 atom stereocenters. The minimum atomic E-state index is -0.807. The molecule has 0 aromatic carbocycles. The maximum absolute atomic E-state index is 10.8. The summed E-state index contributed by atoms with van der Waals surface area (Å²) in [4.78, 5) is 10.8. The van der Waals surface area contributed by atoms with Crippen molar-refractivity contribution in [3.63, 3.8) is 0 Å². The number of aryl methyl sites for hydroxylation is 1. The van der Waals surface area contributed by atoms with Crippen molar-refractivity contribution >= 4 is 17.7 Å². The monoisotopic (exact) mass is 297 g/mol. The number of aliphatic carboxylic acids is 1. The smallest absolute Gasteiger partial charge is 0.313 e. The zero-order valence-electron chi connectivity index (χ0n) is 12.2. The van der Waals surface area contributed by atoms with Crippen LogP contribution in [0.25, 0.3) is 0 Å². The maximum Gasteiger partial charge on any atom is 0.313 e. The van der Waals surface area contributed by atoms with Crippen molar-refractivity contribution in [1.82, 2.24) is 14.8 Å². The fraction of sp³-hybridized carbons (Fsp3) is 0.786. The summed E-state index contributed by atoms with van der Waals surface area (Å²) < 4.78 is 2.21. The van der Waals surface area contributed by atoms with Crippen LogP contribution in [0.4, 0.5) is 0 Å². The average Bonchev–Trinajstić information content (AvgIpc) is 2.81. The molecular formula is C14H23N3O2S. The summed E-state index contributed by atoms with van der Waals surface area (Å²) >= 11 is 1.29. The molecule has 0 bridgehead atoms. The molecule has 1 aliphatic carbocycles. The molecule has 1 aliphatic rings. The van der Waals surface area contributed by atoms with Gasteiger partial charge in [0.05, 0.1) is 5.75 Å². The lowest BCUT2D eigenvalue weighted by Gasteiger charge is -2.28. The van der Waals surface area contributed by atoms with Crippen LogP contribution < -0.4 is 0 Å². The van der Waals surface area contributed by atoms with E-state index in [1.165, 1.54) is 24.6 Å². The first kappa shape index (κ1) is 15.4. The van der Waals surface area contributed by atoms with Crippen LogP contribution in [0, 0.1) is 5.92 Å². The van der Waals surface area contributed by atoms with Gasteiger partial charge in [-0.05, 0) is 38.0 Å². The molecule has 5 nitrogen and oxygen atoms in total. The normalized spacial score (nSPS) is 22.9. The van der Waals surface area contributed by atoms with E-state index in [-0.39, 0.29) is 5.75 Å². The summed E-state index contributed by atoms with van der Waals surface area (Å²) in [6, 6.07) is 0.444. The van der Waals surface area contributed by atoms with E-state index in [4.69, 9.17) is 5.11 Å². The molecule has 1 N–H and O–H groups in total. The third-order valence-electron chi connectivity index (χ3n) is 3.88. The number of hydrogen-bond donors (Lipinski definition) is 1. The lowest BCUT2D eigenvalue weighted by Crippen LogP contribution is -2.19. The molecule has 0 saturated heterocycles. The molecule has 1 aromatic rings. The highest BCUT2D eigenvalue weighted by molar-refractivity contribution is 7.99. The maximum atomic E-state index is 10.8. The Hall–Kier alpha value is -1.04. The van der Waals surface area contributed by atoms with E-state index in [0.717, 1.165) is 42.6 Å². The van der Waals surface area contributed by atoms with Crippen molar-refractivity contribution in [1.29, 1.82) is 0 Å². The van der Waals surface area contributed by atoms with E-state index in [0.29, 0.717) is 6.04 Å². The molecule has 2 rings (SSSR count). The van der Waals surface area contributed by atoms with Gasteiger partial charge in [-0.3, -0.25) is 4.79 Å². The van der Waals surface area contributed by atoms with Gasteiger partial charge >= 0.3 is 5.97 Å². The standard InChI is InChI=1S/C14H23N3O2S/c1-3-4-12-15-16-14(20-9-13(18)19)17(12)11-7-5-10(2)6-8-11/h10-11H,3-9H2,1-2H3,(H,18,19). The molecule has 1 saturated carbocycles. The Labute approximate surface area is 124 Å². The van der Waals surface area contributed by atoms with Crippen LogP contribution in [0.15, 0.2) is 5.16 Å². The van der Waals surface area contributed by atoms with Gasteiger partial charge < -0.3 is 9.67 Å². The molecule has 6 heteroatoms. The Morgan fingerprint density at radius 2 is 2.05 bits per heavy atom. The molecule has 0 spiro atoms. The summed E-state index contributed by atoms with van der Waals surface area (Å²) in [5.74, 6) is 1.05. The predicted octanol–water partition coefficient (Wildman–Crippen LogP) is 3.16. The zero-order valence-corrected chi connectivity index (χ0v) is 13.0. The van der Waals surface area contributed by atoms with Gasteiger partial charge in [0.1, 0.15) is 5.82 Å². The Morgan fingerprint density at radius 3 is 2.65 bits per heavy atom. The Kier molecular flexibility index (Phi) is 5.46. The number of nitrogens with zero attached hydrogens (tertiary/aromatic N) is 3. The lowest BCUT2D eigenvalue weighted by atomic mass is 9.87. The number of aromatic nitrogens is 3. The minimum Gasteiger partial charge on any atom is -0.481 e. The molecule has 112 valence electrons. The van der Waals surface area contributed by atoms with Gasteiger partial charge in [-0.1, -0.05) is 25.6 Å². The molecule has 1 fully saturated rings. The summed E-state index contributed by atoms with van der Waals surface area (Å²) in [6.07, 6.45) is 6.71. The summed E-state index contributed by atoms with van der Waals surface area (Å²) in [7, 11) is 0. The Balaban J connectivity index is 2.17. The first-order chi connectivity index (χ1) is 9.61. The number of thioether (sulfide) groups is 1. The summed E-state index contributed by atoms with van der Waals surface area (Å²) in [5.41, 5.74) is 0. The minimum absolute atomic E-state index is 0.0490. The lowest BCUT2D eigenvalue weighted by molar-refractivity contribution is -0.133. The van der Waals surface area contributed by atoms with Crippen LogP contribution in [-0.4, -0.2) is 31.6 Å². The largest absolute Gasteiger partial charge is 0.481 e. The van der Waals surface area contributed by atoms with Gasteiger partial charge in [0.25, 0.3) is 0 Å². The number of rotatable bonds is 6. The SMILES string of the molecule is CCCc1nnc(SCC(=O)O)n1C1CCC(C)CC1. The van der Waals surface area contributed by atoms with Gasteiger partial charge in [0, 0.05) is 12.5 Å². The van der Waals surface area contributed by atoms with Crippen molar-refractivity contribution in [2.45, 2.75) is 63.6 Å². The molecule has 0 radical (unpaired) electrons. The van der Waals surface area contributed by atoms with E-state index < -0.39 is 5.97 Å². The van der Waals surface area contributed by atoms with Crippen molar-refractivity contribution in [3.8, 4) is 0 Å². The number of hydrogen-bond acceptors (Lipinski definition) is 4. The van der Waals surface area contributed by atoms with E-state index in [2.05, 4.69) is 28.6 Å². The zero-order chi connectivity index (χ0) is 14.5. The molecule has 0 aliphatic heterocycles. The van der Waals surface area contributed by atoms with Crippen molar-refractivity contribution in [2.75, 3.05) is 5.75 Å². The third kappa shape index (κ3) is 3.75. The second-order valence-electron chi connectivity index (χ2n) is 5.61. The molecule has 1 heterocycles. The van der Waals surface area contributed by atoms with Crippen LogP contribution in [0.2, 0.25) is 0 Å². The molecule has 0 unspecified atom stereocenters. The van der Waals surface area contributed by atoms with Crippen LogP contribution in [0.1, 0.15) is 57.8 Å². The molecule has 0 amide bonds. The van der Waals surface area contributed by atoms with E-state index in [9.17, 15) is 4.79 Å². The highest BCUT2D eigenvalue weighted by atomic mass is 32.2. The highest BCUT2D eigenvalue weighted by Crippen LogP contribution is 2.35. The van der Waals surface area contributed by atoms with Gasteiger partial charge in [-0.2, -0.15) is 0 Å². The highest BCUT2D eigenvalue weighted by Gasteiger charge is 2.25. The Bertz CT molecular complexity index is 453.